The van der Waals surface area contributed by atoms with Crippen molar-refractivity contribution in [3.8, 4) is 67.5 Å². The van der Waals surface area contributed by atoms with Crippen molar-refractivity contribution >= 4 is 13.3 Å². The predicted molar refractivity (Wildman–Crippen MR) is 195 cm³/mol. The number of aromatic nitrogens is 3. The summed E-state index contributed by atoms with van der Waals surface area (Å²) in [6.45, 7) is 6.83. The molecule has 0 aliphatic rings. The van der Waals surface area contributed by atoms with E-state index in [1.54, 1.807) is 0 Å². The molecule has 6 aromatic carbocycles. The maximum atomic E-state index is 9.24. The van der Waals surface area contributed by atoms with Crippen molar-refractivity contribution in [3.63, 3.8) is 0 Å². The van der Waals surface area contributed by atoms with Gasteiger partial charge in [-0.2, -0.15) is 0 Å². The van der Waals surface area contributed by atoms with E-state index in [2.05, 4.69) is 31.8 Å². The molecule has 1 aromatic heterocycles. The third-order valence-electron chi connectivity index (χ3n) is 7.97. The topological polar surface area (TPSA) is 38.7 Å². The maximum absolute atomic E-state index is 9.24. The van der Waals surface area contributed by atoms with Crippen molar-refractivity contribution in [1.82, 2.24) is 15.0 Å². The fraction of sp³-hybridized carbons (Fsp3) is 0.0714. The van der Waals surface area contributed by atoms with Gasteiger partial charge in [0.1, 0.15) is 0 Å². The molecular weight excluding hydrogens is 575 g/mol. The van der Waals surface area contributed by atoms with Crippen molar-refractivity contribution in [2.24, 2.45) is 0 Å². The van der Waals surface area contributed by atoms with Crippen molar-refractivity contribution in [2.45, 2.75) is 19.6 Å². The van der Waals surface area contributed by atoms with Gasteiger partial charge in [-0.05, 0) is 51.6 Å². The number of hydrogen-bond donors (Lipinski definition) is 0. The van der Waals surface area contributed by atoms with Gasteiger partial charge in [0.25, 0.3) is 0 Å². The first-order valence-corrected chi connectivity index (χ1v) is 18.9. The monoisotopic (exact) mass is 613 g/mol. The Morgan fingerprint density at radius 2 is 0.826 bits per heavy atom. The molecule has 222 valence electrons. The molecule has 0 N–H and O–H groups in total. The lowest BCUT2D eigenvalue weighted by Gasteiger charge is -2.17. The van der Waals surface area contributed by atoms with E-state index in [0.717, 1.165) is 27.8 Å². The predicted octanol–water partition coefficient (Wildman–Crippen LogP) is 10.4. The van der Waals surface area contributed by atoms with Crippen LogP contribution in [0.4, 0.5) is 0 Å². The molecule has 0 atom stereocenters. The van der Waals surface area contributed by atoms with Crippen LogP contribution < -0.4 is 5.19 Å². The molecule has 7 aromatic rings. The van der Waals surface area contributed by atoms with E-state index < -0.39 is 8.07 Å². The van der Waals surface area contributed by atoms with E-state index in [9.17, 15) is 1.37 Å². The summed E-state index contributed by atoms with van der Waals surface area (Å²) in [6.07, 6.45) is 0. The van der Waals surface area contributed by atoms with Crippen LogP contribution in [0.15, 0.2) is 158 Å². The first-order valence-electron chi connectivity index (χ1n) is 17.4. The molecule has 0 radical (unpaired) electrons. The van der Waals surface area contributed by atoms with E-state index in [-0.39, 0.29) is 24.2 Å². The fourth-order valence-electron chi connectivity index (χ4n) is 5.40. The second kappa shape index (κ2) is 12.5. The summed E-state index contributed by atoms with van der Waals surface area (Å²) in [6, 6.07) is 43.1. The quantitative estimate of drug-likeness (QED) is 0.168. The highest BCUT2D eigenvalue weighted by Gasteiger charge is 2.16. The van der Waals surface area contributed by atoms with E-state index in [4.69, 9.17) is 19.1 Å². The lowest BCUT2D eigenvalue weighted by molar-refractivity contribution is 1.07. The van der Waals surface area contributed by atoms with Crippen LogP contribution in [0, 0.1) is 0 Å². The first kappa shape index (κ1) is 24.8. The number of hydrogen-bond acceptors (Lipinski definition) is 3. The Morgan fingerprint density at radius 1 is 0.413 bits per heavy atom. The average Bonchev–Trinajstić information content (AvgIpc) is 3.14. The molecule has 7 rings (SSSR count). The van der Waals surface area contributed by atoms with Gasteiger partial charge >= 0.3 is 0 Å². The molecule has 0 bridgehead atoms. The van der Waals surface area contributed by atoms with Crippen molar-refractivity contribution in [3.05, 3.63) is 158 Å². The molecule has 4 heteroatoms. The molecule has 0 fully saturated rings. The van der Waals surface area contributed by atoms with Gasteiger partial charge in [-0.1, -0.05) is 164 Å². The van der Waals surface area contributed by atoms with Crippen LogP contribution in [0.25, 0.3) is 67.5 Å². The summed E-state index contributed by atoms with van der Waals surface area (Å²) >= 11 is 0. The Hall–Kier alpha value is -5.45. The molecule has 3 nitrogen and oxygen atoms in total. The summed E-state index contributed by atoms with van der Waals surface area (Å²) in [5.41, 5.74) is 6.48. The van der Waals surface area contributed by atoms with Gasteiger partial charge in [-0.3, -0.25) is 0 Å². The Balaban J connectivity index is 1.31. The minimum Gasteiger partial charge on any atom is -0.208 e. The lowest BCUT2D eigenvalue weighted by Crippen LogP contribution is -2.37. The van der Waals surface area contributed by atoms with Gasteiger partial charge in [-0.15, -0.1) is 0 Å². The van der Waals surface area contributed by atoms with Gasteiger partial charge in [-0.25, -0.2) is 15.0 Å². The van der Waals surface area contributed by atoms with Gasteiger partial charge < -0.3 is 0 Å². The summed E-state index contributed by atoms with van der Waals surface area (Å²) in [4.78, 5) is 14.6. The number of nitrogens with zero attached hydrogens (tertiary/aromatic N) is 3. The third-order valence-corrected chi connectivity index (χ3v) is 10.0. The Kier molecular flexibility index (Phi) is 6.75. The fourth-order valence-corrected chi connectivity index (χ4v) is 6.57. The van der Waals surface area contributed by atoms with Crippen LogP contribution in [0.1, 0.15) is 5.48 Å². The Labute approximate surface area is 278 Å². The molecule has 0 amide bonds. The van der Waals surface area contributed by atoms with Crippen LogP contribution in [0.5, 0.6) is 0 Å². The zero-order chi connectivity index (χ0) is 35.0. The SMILES string of the molecule is [2H]c1c([2H])c(-c2ccc([Si](C)(C)C)cc2)c([2H])c(-c2cccc(-c3cccc(-c4nc(-c5ccccc5)nc(-c5ccccc5)n4)c3)c2)c1[2H]. The van der Waals surface area contributed by atoms with Crippen LogP contribution in [0.2, 0.25) is 19.6 Å². The zero-order valence-corrected chi connectivity index (χ0v) is 27.0. The largest absolute Gasteiger partial charge is 0.208 e. The van der Waals surface area contributed by atoms with Gasteiger partial charge in [0.15, 0.2) is 17.5 Å². The van der Waals surface area contributed by atoms with E-state index in [0.29, 0.717) is 39.7 Å². The number of rotatable bonds is 7. The van der Waals surface area contributed by atoms with Crippen LogP contribution >= 0.6 is 0 Å². The summed E-state index contributed by atoms with van der Waals surface area (Å²) in [7, 11) is -1.54. The molecule has 0 spiro atoms. The zero-order valence-electron chi connectivity index (χ0n) is 30.0. The highest BCUT2D eigenvalue weighted by Crippen LogP contribution is 2.32. The molecule has 0 saturated heterocycles. The summed E-state index contributed by atoms with van der Waals surface area (Å²) < 4.78 is 35.5. The summed E-state index contributed by atoms with van der Waals surface area (Å²) in [5, 5.41) is 1.28. The maximum Gasteiger partial charge on any atom is 0.164 e. The van der Waals surface area contributed by atoms with E-state index >= 15 is 0 Å². The van der Waals surface area contributed by atoms with E-state index in [1.165, 1.54) is 5.19 Å². The molecule has 46 heavy (non-hydrogen) atoms. The minimum absolute atomic E-state index is 0.0784. The molecule has 0 unspecified atom stereocenters. The minimum atomic E-state index is -1.54. The van der Waals surface area contributed by atoms with Gasteiger partial charge in [0.05, 0.1) is 13.6 Å². The van der Waals surface area contributed by atoms with Gasteiger partial charge in [0, 0.05) is 16.7 Å². The Morgan fingerprint density at radius 3 is 1.35 bits per heavy atom. The average molecular weight is 614 g/mol. The van der Waals surface area contributed by atoms with Gasteiger partial charge in [0.2, 0.25) is 0 Å². The standard InChI is InChI=1S/C42H35N3Si/c1-46(2,3)39-25-23-30(24-26-39)33-17-10-18-34(27-33)35-19-11-20-36(28-35)37-21-12-22-38(29-37)42-44-40(31-13-6-4-7-14-31)43-41(45-42)32-15-8-5-9-16-32/h4-29H,1-3H3/i10D,17D,18D,27D. The van der Waals surface area contributed by atoms with E-state index in [1.807, 2.05) is 121 Å². The van der Waals surface area contributed by atoms with Crippen LogP contribution in [-0.2, 0) is 0 Å². The first-order chi connectivity index (χ1) is 24.1. The highest BCUT2D eigenvalue weighted by molar-refractivity contribution is 6.88. The van der Waals surface area contributed by atoms with Crippen molar-refractivity contribution in [1.29, 1.82) is 0 Å². The highest BCUT2D eigenvalue weighted by atomic mass is 28.3. The molecule has 0 saturated carbocycles. The van der Waals surface area contributed by atoms with Crippen LogP contribution in [0.3, 0.4) is 0 Å². The van der Waals surface area contributed by atoms with Crippen LogP contribution in [-0.4, -0.2) is 23.0 Å². The second-order valence-electron chi connectivity index (χ2n) is 12.3. The summed E-state index contributed by atoms with van der Waals surface area (Å²) in [5.74, 6) is 1.72. The lowest BCUT2D eigenvalue weighted by atomic mass is 9.95. The van der Waals surface area contributed by atoms with Crippen molar-refractivity contribution < 1.29 is 5.48 Å². The second-order valence-corrected chi connectivity index (χ2v) is 17.4. The molecule has 1 heterocycles. The normalized spacial score (nSPS) is 12.6. The smallest absolute Gasteiger partial charge is 0.164 e. The van der Waals surface area contributed by atoms with Crippen molar-refractivity contribution in [2.75, 3.05) is 0 Å². The third kappa shape index (κ3) is 6.34. The molecule has 0 aliphatic carbocycles. The Bertz CT molecular complexity index is 2280. The number of benzene rings is 6. The molecule has 0 aliphatic heterocycles. The molecular formula is C42H35N3Si.